The topological polar surface area (TPSA) is 49.4 Å². The van der Waals surface area contributed by atoms with Gasteiger partial charge < -0.3 is 5.32 Å². The van der Waals surface area contributed by atoms with Gasteiger partial charge >= 0.3 is 0 Å². The summed E-state index contributed by atoms with van der Waals surface area (Å²) in [5.74, 6) is 0. The number of benzene rings is 1. The number of nitrogens with zero attached hydrogens (tertiary/aromatic N) is 1. The molecular formula is C16H28N2O2S. The molecule has 0 amide bonds. The van der Waals surface area contributed by atoms with Gasteiger partial charge in [0.15, 0.2) is 0 Å². The number of sulfonamides is 1. The summed E-state index contributed by atoms with van der Waals surface area (Å²) in [6.45, 7) is 10.2. The van der Waals surface area contributed by atoms with Crippen molar-refractivity contribution in [2.75, 3.05) is 20.1 Å². The summed E-state index contributed by atoms with van der Waals surface area (Å²) in [5, 5.41) is 3.34. The molecule has 0 heterocycles. The minimum atomic E-state index is -3.40. The van der Waals surface area contributed by atoms with E-state index in [-0.39, 0.29) is 0 Å². The molecule has 1 rings (SSSR count). The van der Waals surface area contributed by atoms with E-state index in [0.717, 1.165) is 36.1 Å². The molecule has 0 radical (unpaired) electrons. The molecule has 0 unspecified atom stereocenters. The Labute approximate surface area is 129 Å². The molecule has 120 valence electrons. The average Bonchev–Trinajstić information content (AvgIpc) is 2.41. The Bertz CT molecular complexity index is 568. The average molecular weight is 312 g/mol. The normalized spacial score (nSPS) is 12.1. The van der Waals surface area contributed by atoms with Crippen LogP contribution in [0.1, 0.15) is 43.4 Å². The summed E-state index contributed by atoms with van der Waals surface area (Å²) in [6, 6.07) is 3.80. The summed E-state index contributed by atoms with van der Waals surface area (Å²) in [4.78, 5) is 0.428. The number of hydrogen-bond donors (Lipinski definition) is 1. The van der Waals surface area contributed by atoms with Crippen molar-refractivity contribution in [2.24, 2.45) is 0 Å². The number of aryl methyl sites for hydroxylation is 2. The van der Waals surface area contributed by atoms with E-state index in [9.17, 15) is 8.42 Å². The zero-order chi connectivity index (χ0) is 16.0. The first-order valence-electron chi connectivity index (χ1n) is 7.61. The van der Waals surface area contributed by atoms with Crippen molar-refractivity contribution in [3.63, 3.8) is 0 Å². The molecule has 0 fully saturated rings. The Morgan fingerprint density at radius 3 is 2.33 bits per heavy atom. The highest BCUT2D eigenvalue weighted by molar-refractivity contribution is 7.89. The summed E-state index contributed by atoms with van der Waals surface area (Å²) >= 11 is 0. The summed E-state index contributed by atoms with van der Waals surface area (Å²) in [7, 11) is -1.75. The first kappa shape index (κ1) is 18.1. The third-order valence-corrected chi connectivity index (χ3v) is 5.60. The molecule has 0 bridgehead atoms. The predicted molar refractivity (Wildman–Crippen MR) is 88.0 cm³/mol. The zero-order valence-corrected chi connectivity index (χ0v) is 14.7. The fourth-order valence-electron chi connectivity index (χ4n) is 2.35. The van der Waals surface area contributed by atoms with Crippen LogP contribution in [0.5, 0.6) is 0 Å². The smallest absolute Gasteiger partial charge is 0.243 e. The molecule has 0 aliphatic rings. The molecule has 0 aliphatic carbocycles. The van der Waals surface area contributed by atoms with E-state index in [4.69, 9.17) is 0 Å². The van der Waals surface area contributed by atoms with Crippen LogP contribution >= 0.6 is 0 Å². The van der Waals surface area contributed by atoms with Crippen LogP contribution in [0.2, 0.25) is 0 Å². The van der Waals surface area contributed by atoms with Crippen molar-refractivity contribution in [3.8, 4) is 0 Å². The van der Waals surface area contributed by atoms with Gasteiger partial charge in [-0.1, -0.05) is 19.9 Å². The van der Waals surface area contributed by atoms with Gasteiger partial charge in [0, 0.05) is 20.1 Å². The third kappa shape index (κ3) is 4.53. The van der Waals surface area contributed by atoms with Gasteiger partial charge in [0.2, 0.25) is 10.0 Å². The minimum Gasteiger partial charge on any atom is -0.313 e. The second kappa shape index (κ2) is 7.92. The Balaban J connectivity index is 3.15. The molecule has 1 aromatic carbocycles. The van der Waals surface area contributed by atoms with Crippen molar-refractivity contribution in [1.29, 1.82) is 0 Å². The molecule has 0 spiro atoms. The molecule has 0 saturated carbocycles. The van der Waals surface area contributed by atoms with Crippen molar-refractivity contribution in [3.05, 3.63) is 28.8 Å². The van der Waals surface area contributed by atoms with Crippen molar-refractivity contribution >= 4 is 10.0 Å². The van der Waals surface area contributed by atoms with Crippen LogP contribution in [0.25, 0.3) is 0 Å². The quantitative estimate of drug-likeness (QED) is 0.751. The van der Waals surface area contributed by atoms with Crippen molar-refractivity contribution < 1.29 is 8.42 Å². The number of rotatable bonds is 8. The molecule has 0 aliphatic heterocycles. The lowest BCUT2D eigenvalue weighted by molar-refractivity contribution is 0.468. The maximum Gasteiger partial charge on any atom is 0.243 e. The second-order valence-corrected chi connectivity index (χ2v) is 7.56. The lowest BCUT2D eigenvalue weighted by atomic mass is 10.1. The maximum atomic E-state index is 12.6. The highest BCUT2D eigenvalue weighted by Crippen LogP contribution is 2.23. The van der Waals surface area contributed by atoms with Gasteiger partial charge in [0.25, 0.3) is 0 Å². The third-order valence-electron chi connectivity index (χ3n) is 3.60. The highest BCUT2D eigenvalue weighted by atomic mass is 32.2. The fourth-order valence-corrected chi connectivity index (χ4v) is 3.86. The summed E-state index contributed by atoms with van der Waals surface area (Å²) in [6.07, 6.45) is 1.88. The molecule has 1 N–H and O–H groups in total. The molecule has 1 aromatic rings. The first-order chi connectivity index (χ1) is 9.84. The molecule has 5 heteroatoms. The van der Waals surface area contributed by atoms with Gasteiger partial charge in [-0.05, 0) is 56.0 Å². The Kier molecular flexibility index (Phi) is 6.84. The molecule has 4 nitrogen and oxygen atoms in total. The zero-order valence-electron chi connectivity index (χ0n) is 13.9. The SMILES string of the molecule is CCCNCc1cc(S(=O)(=O)N(C)CCC)c(C)cc1C. The maximum absolute atomic E-state index is 12.6. The largest absolute Gasteiger partial charge is 0.313 e. The molecule has 21 heavy (non-hydrogen) atoms. The van der Waals surface area contributed by atoms with Crippen LogP contribution in [0.3, 0.4) is 0 Å². The van der Waals surface area contributed by atoms with Gasteiger partial charge in [-0.3, -0.25) is 0 Å². The molecule has 0 aromatic heterocycles. The van der Waals surface area contributed by atoms with Crippen molar-refractivity contribution in [1.82, 2.24) is 9.62 Å². The van der Waals surface area contributed by atoms with E-state index in [1.165, 1.54) is 4.31 Å². The Hall–Kier alpha value is -0.910. The molecule has 0 atom stereocenters. The van der Waals surface area contributed by atoms with E-state index in [1.54, 1.807) is 7.05 Å². The van der Waals surface area contributed by atoms with E-state index in [2.05, 4.69) is 12.2 Å². The van der Waals surface area contributed by atoms with E-state index < -0.39 is 10.0 Å². The monoisotopic (exact) mass is 312 g/mol. The first-order valence-corrected chi connectivity index (χ1v) is 9.05. The molecule has 0 saturated heterocycles. The van der Waals surface area contributed by atoms with Gasteiger partial charge in [-0.15, -0.1) is 0 Å². The van der Waals surface area contributed by atoms with Crippen LogP contribution < -0.4 is 5.32 Å². The fraction of sp³-hybridized carbons (Fsp3) is 0.625. The van der Waals surface area contributed by atoms with Crippen LogP contribution in [0, 0.1) is 13.8 Å². The highest BCUT2D eigenvalue weighted by Gasteiger charge is 2.23. The van der Waals surface area contributed by atoms with Crippen LogP contribution in [0.4, 0.5) is 0 Å². The van der Waals surface area contributed by atoms with E-state index >= 15 is 0 Å². The number of hydrogen-bond acceptors (Lipinski definition) is 3. The lowest BCUT2D eigenvalue weighted by Gasteiger charge is -2.19. The van der Waals surface area contributed by atoms with Gasteiger partial charge in [-0.2, -0.15) is 0 Å². The second-order valence-electron chi connectivity index (χ2n) is 5.55. The van der Waals surface area contributed by atoms with Gasteiger partial charge in [-0.25, -0.2) is 12.7 Å². The van der Waals surface area contributed by atoms with Crippen LogP contribution in [-0.2, 0) is 16.6 Å². The van der Waals surface area contributed by atoms with Gasteiger partial charge in [0.05, 0.1) is 4.90 Å². The predicted octanol–water partition coefficient (Wildman–Crippen LogP) is 2.83. The van der Waals surface area contributed by atoms with Crippen LogP contribution in [0.15, 0.2) is 17.0 Å². The van der Waals surface area contributed by atoms with Crippen molar-refractivity contribution in [2.45, 2.75) is 52.0 Å². The molecular weight excluding hydrogens is 284 g/mol. The lowest BCUT2D eigenvalue weighted by Crippen LogP contribution is -2.28. The summed E-state index contributed by atoms with van der Waals surface area (Å²) in [5.41, 5.74) is 3.00. The minimum absolute atomic E-state index is 0.428. The van der Waals surface area contributed by atoms with Gasteiger partial charge in [0.1, 0.15) is 0 Å². The Morgan fingerprint density at radius 1 is 1.10 bits per heavy atom. The van der Waals surface area contributed by atoms with E-state index in [1.807, 2.05) is 32.9 Å². The van der Waals surface area contributed by atoms with E-state index in [0.29, 0.717) is 18.0 Å². The number of nitrogens with one attached hydrogen (secondary N) is 1. The summed E-state index contributed by atoms with van der Waals surface area (Å²) < 4.78 is 26.7. The van der Waals surface area contributed by atoms with Crippen LogP contribution in [-0.4, -0.2) is 32.9 Å². The Morgan fingerprint density at radius 2 is 1.76 bits per heavy atom. The standard InChI is InChI=1S/C16H28N2O2S/c1-6-8-17-12-15-11-16(14(4)10-13(15)3)21(19,20)18(5)9-7-2/h10-11,17H,6-9,12H2,1-5H3.